The van der Waals surface area contributed by atoms with Gasteiger partial charge in [0.1, 0.15) is 0 Å². The van der Waals surface area contributed by atoms with E-state index in [-0.39, 0.29) is 18.4 Å². The number of hydrogen-bond acceptors (Lipinski definition) is 5. The number of rotatable bonds is 11. The van der Waals surface area contributed by atoms with Gasteiger partial charge in [0.15, 0.2) is 6.29 Å². The van der Waals surface area contributed by atoms with Crippen molar-refractivity contribution in [2.24, 2.45) is 0 Å². The number of carbonyl (C=O) groups is 2. The number of aryl methyl sites for hydroxylation is 2. The molecule has 1 unspecified atom stereocenters. The van der Waals surface area contributed by atoms with Crippen LogP contribution in [0.25, 0.3) is 0 Å². The van der Waals surface area contributed by atoms with E-state index in [2.05, 4.69) is 20.9 Å². The molecule has 0 bridgehead atoms. The number of urea groups is 1. The summed E-state index contributed by atoms with van der Waals surface area (Å²) in [7, 11) is 0. The second kappa shape index (κ2) is 12.8. The molecule has 4 rings (SSSR count). The Labute approximate surface area is 230 Å². The molecule has 3 aromatic rings. The van der Waals surface area contributed by atoms with E-state index >= 15 is 0 Å². The van der Waals surface area contributed by atoms with Gasteiger partial charge in [0.2, 0.25) is 5.91 Å². The average Bonchev–Trinajstić information content (AvgIpc) is 3.19. The maximum Gasteiger partial charge on any atom is 0.320 e. The number of amides is 3. The van der Waals surface area contributed by atoms with E-state index in [1.54, 1.807) is 0 Å². The summed E-state index contributed by atoms with van der Waals surface area (Å²) < 4.78 is 11.6. The highest BCUT2D eigenvalue weighted by Crippen LogP contribution is 2.42. The summed E-state index contributed by atoms with van der Waals surface area (Å²) in [5.41, 5.74) is 4.41. The predicted molar refractivity (Wildman–Crippen MR) is 155 cm³/mol. The Balaban J connectivity index is 1.63. The number of para-hydroxylation sites is 1. The monoisotopic (exact) mass is 530 g/mol. The summed E-state index contributed by atoms with van der Waals surface area (Å²) >= 11 is 0. The number of hydrogen-bond donors (Lipinski definition) is 3. The van der Waals surface area contributed by atoms with E-state index in [1.807, 2.05) is 100 Å². The summed E-state index contributed by atoms with van der Waals surface area (Å²) in [6, 6.07) is 22.7. The topological polar surface area (TPSA) is 91.9 Å². The van der Waals surface area contributed by atoms with Crippen LogP contribution in [0.2, 0.25) is 0 Å². The van der Waals surface area contributed by atoms with Crippen LogP contribution in [-0.2, 0) is 19.8 Å². The molecule has 8 heteroatoms. The van der Waals surface area contributed by atoms with Crippen molar-refractivity contribution in [1.29, 1.82) is 0 Å². The normalized spacial score (nSPS) is 16.2. The van der Waals surface area contributed by atoms with Crippen LogP contribution in [0.4, 0.5) is 21.9 Å². The maximum absolute atomic E-state index is 13.4. The summed E-state index contributed by atoms with van der Waals surface area (Å²) in [6.45, 7) is 9.73. The molecule has 3 aromatic carbocycles. The number of ether oxygens (including phenoxy) is 2. The zero-order chi connectivity index (χ0) is 27.8. The Hall–Kier alpha value is -3.88. The van der Waals surface area contributed by atoms with Gasteiger partial charge in [-0.05, 0) is 58.0 Å². The second-order valence-electron chi connectivity index (χ2n) is 9.86. The van der Waals surface area contributed by atoms with E-state index in [0.717, 1.165) is 22.4 Å². The molecule has 3 N–H and O–H groups in total. The Bertz CT molecular complexity index is 1190. The third kappa shape index (κ3) is 7.16. The van der Waals surface area contributed by atoms with Crippen molar-refractivity contribution in [1.82, 2.24) is 5.32 Å². The molecule has 8 nitrogen and oxygen atoms in total. The fourth-order valence-corrected chi connectivity index (χ4v) is 4.95. The van der Waals surface area contributed by atoms with Crippen LogP contribution in [0.5, 0.6) is 0 Å². The predicted octanol–water partition coefficient (Wildman–Crippen LogP) is 5.57. The molecule has 1 aliphatic rings. The first kappa shape index (κ1) is 28.1. The van der Waals surface area contributed by atoms with Gasteiger partial charge in [-0.25, -0.2) is 4.79 Å². The van der Waals surface area contributed by atoms with E-state index in [1.165, 1.54) is 0 Å². The molecule has 0 saturated heterocycles. The Kier molecular flexibility index (Phi) is 9.22. The van der Waals surface area contributed by atoms with Gasteiger partial charge in [0.25, 0.3) is 0 Å². The third-order valence-corrected chi connectivity index (χ3v) is 6.76. The van der Waals surface area contributed by atoms with Gasteiger partial charge < -0.3 is 30.3 Å². The van der Waals surface area contributed by atoms with Crippen LogP contribution in [0.1, 0.15) is 37.0 Å². The lowest BCUT2D eigenvalue weighted by Gasteiger charge is -2.32. The van der Waals surface area contributed by atoms with Gasteiger partial charge >= 0.3 is 6.03 Å². The van der Waals surface area contributed by atoms with Crippen molar-refractivity contribution in [3.8, 4) is 0 Å². The third-order valence-electron chi connectivity index (χ3n) is 6.76. The number of anilines is 3. The molecule has 1 atom stereocenters. The first-order valence-corrected chi connectivity index (χ1v) is 13.4. The van der Waals surface area contributed by atoms with Gasteiger partial charge in [-0.2, -0.15) is 0 Å². The molecule has 0 fully saturated rings. The van der Waals surface area contributed by atoms with Crippen molar-refractivity contribution in [2.75, 3.05) is 41.8 Å². The summed E-state index contributed by atoms with van der Waals surface area (Å²) in [5.74, 6) is -0.197. The minimum Gasteiger partial charge on any atom is -0.363 e. The van der Waals surface area contributed by atoms with E-state index in [4.69, 9.17) is 9.47 Å². The van der Waals surface area contributed by atoms with Crippen LogP contribution >= 0.6 is 0 Å². The van der Waals surface area contributed by atoms with Gasteiger partial charge in [-0.15, -0.1) is 0 Å². The molecular weight excluding hydrogens is 492 g/mol. The highest BCUT2D eigenvalue weighted by Gasteiger charge is 2.46. The molecule has 206 valence electrons. The molecule has 3 amide bonds. The van der Waals surface area contributed by atoms with Gasteiger partial charge in [-0.1, -0.05) is 53.6 Å². The lowest BCUT2D eigenvalue weighted by molar-refractivity contribution is -0.129. The molecule has 0 saturated carbocycles. The van der Waals surface area contributed by atoms with Crippen molar-refractivity contribution in [3.63, 3.8) is 0 Å². The zero-order valence-corrected chi connectivity index (χ0v) is 23.1. The van der Waals surface area contributed by atoms with Crippen LogP contribution in [0.3, 0.4) is 0 Å². The molecule has 0 radical (unpaired) electrons. The number of fused-ring (bicyclic) bond motifs is 1. The Morgan fingerprint density at radius 1 is 0.846 bits per heavy atom. The summed E-state index contributed by atoms with van der Waals surface area (Å²) in [6.07, 6.45) is -0.393. The van der Waals surface area contributed by atoms with Crippen LogP contribution < -0.4 is 20.9 Å². The standard InChI is InChI=1S/C31H38N4O4/c1-5-38-29(39-6-2)20-35-21-31(26-9-7-8-10-27(26)35,19-28(36)32-24-15-11-22(3)12-16-24)34-30(37)33-25-17-13-23(4)14-18-25/h7-18,29H,5-6,19-21H2,1-4H3,(H,32,36)(H2,33,34,37). The molecule has 0 aliphatic carbocycles. The first-order valence-electron chi connectivity index (χ1n) is 13.4. The van der Waals surface area contributed by atoms with E-state index in [0.29, 0.717) is 37.7 Å². The average molecular weight is 531 g/mol. The summed E-state index contributed by atoms with van der Waals surface area (Å²) in [4.78, 5) is 28.9. The Morgan fingerprint density at radius 3 is 2.00 bits per heavy atom. The number of nitrogens with one attached hydrogen (secondary N) is 3. The van der Waals surface area contributed by atoms with Crippen molar-refractivity contribution in [2.45, 2.75) is 45.9 Å². The molecule has 1 heterocycles. The molecule has 39 heavy (non-hydrogen) atoms. The van der Waals surface area contributed by atoms with Crippen molar-refractivity contribution < 1.29 is 19.1 Å². The van der Waals surface area contributed by atoms with Gasteiger partial charge in [-0.3, -0.25) is 4.79 Å². The minimum atomic E-state index is -0.983. The lowest BCUT2D eigenvalue weighted by atomic mass is 9.88. The molecule has 0 aromatic heterocycles. The minimum absolute atomic E-state index is 0.0453. The second-order valence-corrected chi connectivity index (χ2v) is 9.86. The maximum atomic E-state index is 13.4. The molecular formula is C31H38N4O4. The smallest absolute Gasteiger partial charge is 0.320 e. The summed E-state index contributed by atoms with van der Waals surface area (Å²) in [5, 5.41) is 9.10. The Morgan fingerprint density at radius 2 is 1.41 bits per heavy atom. The van der Waals surface area contributed by atoms with Crippen molar-refractivity contribution >= 4 is 29.0 Å². The SMILES string of the molecule is CCOC(CN1CC(CC(=O)Nc2ccc(C)cc2)(NC(=O)Nc2ccc(C)cc2)c2ccccc21)OCC. The fraction of sp³-hybridized carbons (Fsp3) is 0.355. The number of nitrogens with zero attached hydrogens (tertiary/aromatic N) is 1. The highest BCUT2D eigenvalue weighted by atomic mass is 16.7. The largest absolute Gasteiger partial charge is 0.363 e. The number of carbonyl (C=O) groups excluding carboxylic acids is 2. The van der Waals surface area contributed by atoms with Crippen LogP contribution in [0, 0.1) is 13.8 Å². The lowest BCUT2D eigenvalue weighted by Crippen LogP contribution is -2.53. The fourth-order valence-electron chi connectivity index (χ4n) is 4.95. The van der Waals surface area contributed by atoms with E-state index in [9.17, 15) is 9.59 Å². The highest BCUT2D eigenvalue weighted by molar-refractivity contribution is 5.95. The van der Waals surface area contributed by atoms with Gasteiger partial charge in [0.05, 0.1) is 18.5 Å². The number of benzene rings is 3. The molecule has 1 aliphatic heterocycles. The van der Waals surface area contributed by atoms with Crippen molar-refractivity contribution in [3.05, 3.63) is 89.5 Å². The van der Waals surface area contributed by atoms with E-state index < -0.39 is 11.8 Å². The quantitative estimate of drug-likeness (QED) is 0.282. The van der Waals surface area contributed by atoms with Crippen LogP contribution in [0.15, 0.2) is 72.8 Å². The molecule has 0 spiro atoms. The van der Waals surface area contributed by atoms with Crippen LogP contribution in [-0.4, -0.2) is 44.5 Å². The zero-order valence-electron chi connectivity index (χ0n) is 23.1. The first-order chi connectivity index (χ1) is 18.8. The van der Waals surface area contributed by atoms with Gasteiger partial charge in [0, 0.05) is 42.4 Å².